The van der Waals surface area contributed by atoms with Crippen LogP contribution in [0.5, 0.6) is 0 Å². The van der Waals surface area contributed by atoms with E-state index < -0.39 is 5.97 Å². The third-order valence-electron chi connectivity index (χ3n) is 3.57. The third kappa shape index (κ3) is 3.31. The molecule has 4 nitrogen and oxygen atoms in total. The summed E-state index contributed by atoms with van der Waals surface area (Å²) < 4.78 is 0. The maximum Gasteiger partial charge on any atom is 0.307 e. The molecule has 0 aromatic heterocycles. The van der Waals surface area contributed by atoms with E-state index in [0.29, 0.717) is 6.54 Å². The predicted octanol–water partition coefficient (Wildman–Crippen LogP) is 1.18. The van der Waals surface area contributed by atoms with Gasteiger partial charge in [-0.3, -0.25) is 4.79 Å². The van der Waals surface area contributed by atoms with Crippen LogP contribution in [0.3, 0.4) is 0 Å². The van der Waals surface area contributed by atoms with E-state index in [-0.39, 0.29) is 18.4 Å². The second kappa shape index (κ2) is 5.50. The summed E-state index contributed by atoms with van der Waals surface area (Å²) in [4.78, 5) is 10.8. The van der Waals surface area contributed by atoms with E-state index >= 15 is 0 Å². The summed E-state index contributed by atoms with van der Waals surface area (Å²) >= 11 is 0. The molecule has 1 aromatic rings. The van der Waals surface area contributed by atoms with Crippen molar-refractivity contribution in [2.24, 2.45) is 5.41 Å². The topological polar surface area (TPSA) is 69.6 Å². The van der Waals surface area contributed by atoms with Crippen molar-refractivity contribution in [3.05, 3.63) is 35.4 Å². The van der Waals surface area contributed by atoms with Gasteiger partial charge in [0.1, 0.15) is 0 Å². The molecule has 18 heavy (non-hydrogen) atoms. The number of carbonyl (C=O) groups is 1. The lowest BCUT2D eigenvalue weighted by atomic mass is 10.0. The fraction of sp³-hybridized carbons (Fsp3) is 0.500. The molecule has 0 atom stereocenters. The first kappa shape index (κ1) is 13.1. The van der Waals surface area contributed by atoms with Crippen LogP contribution in [0.25, 0.3) is 0 Å². The molecular weight excluding hydrogens is 230 g/mol. The summed E-state index contributed by atoms with van der Waals surface area (Å²) in [7, 11) is 0. The van der Waals surface area contributed by atoms with Gasteiger partial charge in [0.15, 0.2) is 0 Å². The summed E-state index contributed by atoms with van der Waals surface area (Å²) in [6, 6.07) is 7.58. The van der Waals surface area contributed by atoms with Crippen LogP contribution in [0.4, 0.5) is 0 Å². The zero-order valence-electron chi connectivity index (χ0n) is 10.4. The van der Waals surface area contributed by atoms with Crippen LogP contribution >= 0.6 is 0 Å². The highest BCUT2D eigenvalue weighted by Crippen LogP contribution is 2.44. The van der Waals surface area contributed by atoms with Gasteiger partial charge in [-0.2, -0.15) is 0 Å². The molecule has 0 radical (unpaired) electrons. The number of benzene rings is 1. The van der Waals surface area contributed by atoms with E-state index in [0.717, 1.165) is 30.5 Å². The van der Waals surface area contributed by atoms with Gasteiger partial charge in [0.2, 0.25) is 0 Å². The number of carboxylic acids is 1. The summed E-state index contributed by atoms with van der Waals surface area (Å²) in [5, 5.41) is 21.4. The van der Waals surface area contributed by atoms with Gasteiger partial charge in [0.05, 0.1) is 6.42 Å². The Kier molecular flexibility index (Phi) is 3.99. The van der Waals surface area contributed by atoms with Crippen molar-refractivity contribution in [1.29, 1.82) is 0 Å². The van der Waals surface area contributed by atoms with Gasteiger partial charge in [-0.05, 0) is 24.0 Å². The fourth-order valence-corrected chi connectivity index (χ4v) is 2.10. The Bertz CT molecular complexity index is 427. The van der Waals surface area contributed by atoms with Crippen LogP contribution in [0.2, 0.25) is 0 Å². The zero-order chi connectivity index (χ0) is 13.0. The number of aliphatic hydroxyl groups is 1. The molecule has 0 bridgehead atoms. The number of aliphatic carboxylic acids is 1. The Labute approximate surface area is 107 Å². The van der Waals surface area contributed by atoms with Gasteiger partial charge >= 0.3 is 5.97 Å². The van der Waals surface area contributed by atoms with Gasteiger partial charge < -0.3 is 15.5 Å². The van der Waals surface area contributed by atoms with Crippen molar-refractivity contribution < 1.29 is 15.0 Å². The molecule has 0 saturated heterocycles. The minimum Gasteiger partial charge on any atom is -0.481 e. The number of aliphatic hydroxyl groups excluding tert-OH is 1. The summed E-state index contributed by atoms with van der Waals surface area (Å²) in [6.07, 6.45) is 2.21. The molecule has 0 amide bonds. The molecule has 2 rings (SSSR count). The molecule has 1 aromatic carbocycles. The second-order valence-electron chi connectivity index (χ2n) is 5.10. The Hall–Kier alpha value is -1.39. The van der Waals surface area contributed by atoms with Crippen molar-refractivity contribution in [2.75, 3.05) is 13.2 Å². The lowest BCUT2D eigenvalue weighted by Crippen LogP contribution is -2.26. The molecule has 3 N–H and O–H groups in total. The van der Waals surface area contributed by atoms with Crippen LogP contribution < -0.4 is 5.32 Å². The first-order chi connectivity index (χ1) is 8.65. The monoisotopic (exact) mass is 249 g/mol. The highest BCUT2D eigenvalue weighted by atomic mass is 16.4. The summed E-state index contributed by atoms with van der Waals surface area (Å²) in [5.41, 5.74) is 1.96. The smallest absolute Gasteiger partial charge is 0.307 e. The number of carboxylic acid groups (broad SMARTS) is 1. The zero-order valence-corrected chi connectivity index (χ0v) is 10.4. The molecule has 0 aliphatic heterocycles. The number of rotatable bonds is 7. The van der Waals surface area contributed by atoms with Crippen LogP contribution in [0.15, 0.2) is 24.3 Å². The summed E-state index contributed by atoms with van der Waals surface area (Å²) in [6.45, 7) is 1.69. The highest BCUT2D eigenvalue weighted by Gasteiger charge is 2.41. The lowest BCUT2D eigenvalue weighted by Gasteiger charge is -2.14. The van der Waals surface area contributed by atoms with Crippen LogP contribution in [-0.2, 0) is 17.8 Å². The number of hydrogen-bond donors (Lipinski definition) is 3. The molecule has 0 heterocycles. The average molecular weight is 249 g/mol. The normalized spacial score (nSPS) is 16.5. The summed E-state index contributed by atoms with van der Waals surface area (Å²) in [5.74, 6) is -0.809. The van der Waals surface area contributed by atoms with Crippen LogP contribution in [-0.4, -0.2) is 29.3 Å². The van der Waals surface area contributed by atoms with Crippen molar-refractivity contribution in [3.63, 3.8) is 0 Å². The molecular formula is C14H19NO3. The van der Waals surface area contributed by atoms with E-state index in [1.807, 2.05) is 24.3 Å². The first-order valence-corrected chi connectivity index (χ1v) is 6.25. The molecule has 4 heteroatoms. The molecule has 98 valence electrons. The van der Waals surface area contributed by atoms with Crippen molar-refractivity contribution in [2.45, 2.75) is 25.8 Å². The number of hydrogen-bond acceptors (Lipinski definition) is 3. The molecule has 1 aliphatic rings. The Morgan fingerprint density at radius 2 is 1.94 bits per heavy atom. The lowest BCUT2D eigenvalue weighted by molar-refractivity contribution is -0.136. The van der Waals surface area contributed by atoms with Crippen molar-refractivity contribution >= 4 is 5.97 Å². The first-order valence-electron chi connectivity index (χ1n) is 6.25. The maximum absolute atomic E-state index is 10.8. The minimum atomic E-state index is -0.809. The molecule has 0 unspecified atom stereocenters. The molecule has 1 aliphatic carbocycles. The van der Waals surface area contributed by atoms with E-state index in [9.17, 15) is 9.90 Å². The molecule has 1 saturated carbocycles. The van der Waals surface area contributed by atoms with Crippen LogP contribution in [0.1, 0.15) is 24.0 Å². The minimum absolute atomic E-state index is 0.0585. The van der Waals surface area contributed by atoms with Crippen LogP contribution in [0, 0.1) is 5.41 Å². The van der Waals surface area contributed by atoms with Gasteiger partial charge in [-0.25, -0.2) is 0 Å². The van der Waals surface area contributed by atoms with Crippen molar-refractivity contribution in [1.82, 2.24) is 5.32 Å². The SMILES string of the molecule is O=C(O)Cc1ccccc1CNCC1(CO)CC1. The predicted molar refractivity (Wildman–Crippen MR) is 68.2 cm³/mol. The Balaban J connectivity index is 1.90. The standard InChI is InChI=1S/C14H19NO3/c16-10-14(5-6-14)9-15-8-12-4-2-1-3-11(12)7-13(17)18/h1-4,15-16H,5-10H2,(H,17,18). The van der Waals surface area contributed by atoms with E-state index in [2.05, 4.69) is 5.32 Å². The van der Waals surface area contributed by atoms with Crippen molar-refractivity contribution in [3.8, 4) is 0 Å². The van der Waals surface area contributed by atoms with Gasteiger partial charge in [-0.1, -0.05) is 24.3 Å². The second-order valence-corrected chi connectivity index (χ2v) is 5.10. The third-order valence-corrected chi connectivity index (χ3v) is 3.57. The molecule has 1 fully saturated rings. The number of nitrogens with one attached hydrogen (secondary N) is 1. The Morgan fingerprint density at radius 1 is 1.28 bits per heavy atom. The average Bonchev–Trinajstić information content (AvgIpc) is 3.11. The van der Waals surface area contributed by atoms with Gasteiger partial charge in [0.25, 0.3) is 0 Å². The largest absolute Gasteiger partial charge is 0.481 e. The highest BCUT2D eigenvalue weighted by molar-refractivity contribution is 5.70. The fourth-order valence-electron chi connectivity index (χ4n) is 2.10. The van der Waals surface area contributed by atoms with Gasteiger partial charge in [0, 0.05) is 25.1 Å². The van der Waals surface area contributed by atoms with E-state index in [4.69, 9.17) is 5.11 Å². The Morgan fingerprint density at radius 3 is 2.50 bits per heavy atom. The van der Waals surface area contributed by atoms with E-state index in [1.165, 1.54) is 0 Å². The van der Waals surface area contributed by atoms with Gasteiger partial charge in [-0.15, -0.1) is 0 Å². The quantitative estimate of drug-likeness (QED) is 0.678. The molecule has 0 spiro atoms. The maximum atomic E-state index is 10.8. The van der Waals surface area contributed by atoms with E-state index in [1.54, 1.807) is 0 Å².